The normalized spacial score (nSPS) is 19.6. The maximum Gasteiger partial charge on any atom is 0.237 e. The number of amides is 1. The van der Waals surface area contributed by atoms with E-state index in [1.807, 2.05) is 30.5 Å². The van der Waals surface area contributed by atoms with Crippen molar-refractivity contribution >= 4 is 21.6 Å². The number of nitrogens with zero attached hydrogens (tertiary/aromatic N) is 5. The van der Waals surface area contributed by atoms with Crippen molar-refractivity contribution in [3.8, 4) is 6.07 Å². The van der Waals surface area contributed by atoms with Crippen LogP contribution in [0.3, 0.4) is 0 Å². The smallest absolute Gasteiger partial charge is 0.237 e. The molecule has 180 valence electrons. The topological polar surface area (TPSA) is 97.6 Å². The minimum atomic E-state index is -3.58. The molecule has 2 saturated heterocycles. The van der Waals surface area contributed by atoms with E-state index in [2.05, 4.69) is 14.8 Å². The van der Waals surface area contributed by atoms with Crippen molar-refractivity contribution in [2.75, 3.05) is 56.5 Å². The highest BCUT2D eigenvalue weighted by molar-refractivity contribution is 7.91. The number of aromatic nitrogens is 1. The van der Waals surface area contributed by atoms with Crippen molar-refractivity contribution in [3.63, 3.8) is 0 Å². The first-order chi connectivity index (χ1) is 16.4. The van der Waals surface area contributed by atoms with Gasteiger partial charge in [-0.1, -0.05) is 18.2 Å². The first-order valence-electron chi connectivity index (χ1n) is 11.8. The molecule has 1 aromatic carbocycles. The Morgan fingerprint density at radius 2 is 1.82 bits per heavy atom. The molecule has 0 saturated carbocycles. The first-order valence-corrected chi connectivity index (χ1v) is 13.6. The molecular weight excluding hydrogens is 450 g/mol. The lowest BCUT2D eigenvalue weighted by molar-refractivity contribution is -0.130. The molecule has 0 radical (unpaired) electrons. The fourth-order valence-electron chi connectivity index (χ4n) is 4.77. The molecule has 0 N–H and O–H groups in total. The average Bonchev–Trinajstić information content (AvgIpc) is 2.85. The van der Waals surface area contributed by atoms with E-state index in [-0.39, 0.29) is 11.7 Å². The number of hydrogen-bond donors (Lipinski definition) is 0. The van der Waals surface area contributed by atoms with Crippen LogP contribution in [-0.2, 0) is 20.4 Å². The summed E-state index contributed by atoms with van der Waals surface area (Å²) in [4.78, 5) is 23.7. The average molecular weight is 482 g/mol. The Hall–Kier alpha value is -2.96. The van der Waals surface area contributed by atoms with Crippen molar-refractivity contribution in [1.82, 2.24) is 14.8 Å². The molecule has 4 rings (SSSR count). The minimum absolute atomic E-state index is 0.192. The van der Waals surface area contributed by atoms with Gasteiger partial charge in [-0.05, 0) is 48.6 Å². The molecule has 2 aliphatic rings. The van der Waals surface area contributed by atoms with Gasteiger partial charge in [-0.2, -0.15) is 5.26 Å². The number of rotatable bonds is 7. The zero-order valence-corrected chi connectivity index (χ0v) is 20.2. The number of piperazine rings is 1. The number of pyridine rings is 1. The summed E-state index contributed by atoms with van der Waals surface area (Å²) in [5.74, 6) is 0.405. The van der Waals surface area contributed by atoms with E-state index in [0.29, 0.717) is 30.1 Å². The number of hydrogen-bond acceptors (Lipinski definition) is 7. The highest BCUT2D eigenvalue weighted by Crippen LogP contribution is 2.20. The number of carbonyl (C=O) groups is 1. The van der Waals surface area contributed by atoms with Gasteiger partial charge in [0.15, 0.2) is 9.84 Å². The largest absolute Gasteiger partial charge is 0.354 e. The summed E-state index contributed by atoms with van der Waals surface area (Å²) in [6.07, 6.45) is 3.78. The van der Waals surface area contributed by atoms with E-state index >= 15 is 0 Å². The quantitative estimate of drug-likeness (QED) is 0.596. The van der Waals surface area contributed by atoms with Gasteiger partial charge in [-0.25, -0.2) is 13.4 Å². The van der Waals surface area contributed by atoms with Gasteiger partial charge >= 0.3 is 0 Å². The van der Waals surface area contributed by atoms with Gasteiger partial charge in [-0.15, -0.1) is 0 Å². The van der Waals surface area contributed by atoms with Crippen molar-refractivity contribution in [3.05, 3.63) is 59.8 Å². The lowest BCUT2D eigenvalue weighted by Crippen LogP contribution is -2.50. The fraction of sp³-hybridized carbons (Fsp3) is 0.480. The minimum Gasteiger partial charge on any atom is -0.354 e. The van der Waals surface area contributed by atoms with Gasteiger partial charge in [0.1, 0.15) is 11.6 Å². The molecule has 2 fully saturated rings. The Labute approximate surface area is 201 Å². The van der Waals surface area contributed by atoms with Crippen molar-refractivity contribution in [1.29, 1.82) is 5.26 Å². The van der Waals surface area contributed by atoms with E-state index in [1.165, 1.54) is 0 Å². The molecule has 0 spiro atoms. The number of sulfone groups is 1. The molecule has 2 aromatic rings. The lowest BCUT2D eigenvalue weighted by atomic mass is 9.97. The highest BCUT2D eigenvalue weighted by atomic mass is 32.2. The molecule has 2 aliphatic heterocycles. The third-order valence-electron chi connectivity index (χ3n) is 6.55. The van der Waals surface area contributed by atoms with Crippen LogP contribution in [0.1, 0.15) is 24.0 Å². The van der Waals surface area contributed by atoms with Gasteiger partial charge < -0.3 is 9.80 Å². The van der Waals surface area contributed by atoms with Crippen LogP contribution in [0.2, 0.25) is 0 Å². The van der Waals surface area contributed by atoms with E-state index in [9.17, 15) is 13.2 Å². The molecule has 9 heteroatoms. The Bertz CT molecular complexity index is 1110. The van der Waals surface area contributed by atoms with Gasteiger partial charge in [0, 0.05) is 52.0 Å². The lowest BCUT2D eigenvalue weighted by Gasteiger charge is -2.39. The summed E-state index contributed by atoms with van der Waals surface area (Å²) < 4.78 is 25.2. The summed E-state index contributed by atoms with van der Waals surface area (Å²) in [6.45, 7) is 5.94. The SMILES string of the molecule is N#Cc1ccc(CS(=O)(=O)CC(=O)N2CCCC(CN3CCN(c4ccccn4)CC3)C2)cc1. The van der Waals surface area contributed by atoms with E-state index in [0.717, 1.165) is 51.4 Å². The number of benzene rings is 1. The third kappa shape index (κ3) is 6.55. The van der Waals surface area contributed by atoms with Crippen LogP contribution in [0.25, 0.3) is 0 Å². The molecule has 1 atom stereocenters. The predicted octanol–water partition coefficient (Wildman–Crippen LogP) is 1.93. The summed E-state index contributed by atoms with van der Waals surface area (Å²) in [5.41, 5.74) is 1.07. The van der Waals surface area contributed by atoms with E-state index in [1.54, 1.807) is 29.2 Å². The maximum absolute atomic E-state index is 12.8. The molecule has 3 heterocycles. The second-order valence-electron chi connectivity index (χ2n) is 9.16. The maximum atomic E-state index is 12.8. The Balaban J connectivity index is 1.25. The first kappa shape index (κ1) is 24.2. The second-order valence-corrected chi connectivity index (χ2v) is 11.2. The summed E-state index contributed by atoms with van der Waals surface area (Å²) in [7, 11) is -3.58. The van der Waals surface area contributed by atoms with Crippen LogP contribution in [0.15, 0.2) is 48.7 Å². The number of anilines is 1. The van der Waals surface area contributed by atoms with Crippen LogP contribution in [-0.4, -0.2) is 80.7 Å². The Morgan fingerprint density at radius 3 is 2.50 bits per heavy atom. The van der Waals surface area contributed by atoms with E-state index in [4.69, 9.17) is 5.26 Å². The molecule has 0 bridgehead atoms. The van der Waals surface area contributed by atoms with Crippen molar-refractivity contribution in [2.24, 2.45) is 5.92 Å². The monoisotopic (exact) mass is 481 g/mol. The second kappa shape index (κ2) is 11.0. The number of nitriles is 1. The molecule has 0 aliphatic carbocycles. The fourth-order valence-corrected chi connectivity index (χ4v) is 6.13. The Morgan fingerprint density at radius 1 is 1.06 bits per heavy atom. The molecule has 34 heavy (non-hydrogen) atoms. The molecule has 8 nitrogen and oxygen atoms in total. The number of likely N-dealkylation sites (tertiary alicyclic amines) is 1. The third-order valence-corrected chi connectivity index (χ3v) is 8.01. The zero-order chi connectivity index (χ0) is 24.0. The molecular formula is C25H31N5O3S. The molecule has 1 aromatic heterocycles. The summed E-state index contributed by atoms with van der Waals surface area (Å²) in [6, 6.07) is 14.4. The zero-order valence-electron chi connectivity index (χ0n) is 19.3. The van der Waals surface area contributed by atoms with Crippen molar-refractivity contribution in [2.45, 2.75) is 18.6 Å². The van der Waals surface area contributed by atoms with Crippen LogP contribution in [0, 0.1) is 17.2 Å². The van der Waals surface area contributed by atoms with Gasteiger partial charge in [-0.3, -0.25) is 9.69 Å². The van der Waals surface area contributed by atoms with Gasteiger partial charge in [0.25, 0.3) is 0 Å². The summed E-state index contributed by atoms with van der Waals surface area (Å²) >= 11 is 0. The highest BCUT2D eigenvalue weighted by Gasteiger charge is 2.29. The van der Waals surface area contributed by atoms with Gasteiger partial charge in [0.2, 0.25) is 5.91 Å². The Kier molecular flexibility index (Phi) is 7.80. The standard InChI is InChI=1S/C25H31N5O3S/c26-16-21-6-8-22(9-7-21)19-34(32,33)20-25(31)30-11-3-4-23(18-30)17-28-12-14-29(15-13-28)24-5-1-2-10-27-24/h1-2,5-10,23H,3-4,11-15,17-20H2. The molecule has 1 amide bonds. The van der Waals surface area contributed by atoms with Crippen LogP contribution >= 0.6 is 0 Å². The van der Waals surface area contributed by atoms with E-state index < -0.39 is 15.6 Å². The van der Waals surface area contributed by atoms with Crippen molar-refractivity contribution < 1.29 is 13.2 Å². The number of carbonyl (C=O) groups excluding carboxylic acids is 1. The summed E-state index contributed by atoms with van der Waals surface area (Å²) in [5, 5.41) is 8.88. The molecule has 1 unspecified atom stereocenters. The van der Waals surface area contributed by atoms with Crippen LogP contribution in [0.4, 0.5) is 5.82 Å². The van der Waals surface area contributed by atoms with Gasteiger partial charge in [0.05, 0.1) is 17.4 Å². The predicted molar refractivity (Wildman–Crippen MR) is 131 cm³/mol. The number of piperidine rings is 1. The van der Waals surface area contributed by atoms with Crippen LogP contribution < -0.4 is 4.90 Å². The van der Waals surface area contributed by atoms with Crippen LogP contribution in [0.5, 0.6) is 0 Å².